The van der Waals surface area contributed by atoms with Gasteiger partial charge >= 0.3 is 59.1 Å². The predicted octanol–water partition coefficient (Wildman–Crippen LogP) is -4.39. The predicted molar refractivity (Wildman–Crippen MR) is 96.0 cm³/mol. The second-order valence-electron chi connectivity index (χ2n) is 5.26. The molecule has 0 atom stereocenters. The Kier molecular flexibility index (Phi) is 15.4. The molecule has 0 aliphatic rings. The van der Waals surface area contributed by atoms with E-state index in [0.717, 1.165) is 0 Å². The van der Waals surface area contributed by atoms with Crippen molar-refractivity contribution in [3.63, 3.8) is 0 Å². The van der Waals surface area contributed by atoms with Crippen molar-refractivity contribution in [1.29, 1.82) is 0 Å². The van der Waals surface area contributed by atoms with Gasteiger partial charge in [0.25, 0.3) is 0 Å². The van der Waals surface area contributed by atoms with Crippen LogP contribution in [-0.4, -0.2) is 50.7 Å². The summed E-state index contributed by atoms with van der Waals surface area (Å²) in [6, 6.07) is 3.21. The molecule has 1 aromatic rings. The summed E-state index contributed by atoms with van der Waals surface area (Å²) in [5, 5.41) is 0. The van der Waals surface area contributed by atoms with Gasteiger partial charge in [-0.25, -0.2) is 16.8 Å². The van der Waals surface area contributed by atoms with Crippen LogP contribution in [0.15, 0.2) is 25.3 Å². The summed E-state index contributed by atoms with van der Waals surface area (Å²) in [5.74, 6) is -0.219. The monoisotopic (exact) mass is 450 g/mol. The minimum atomic E-state index is -4.29. The number of benzene rings is 1. The molecule has 1 aromatic carbocycles. The molecule has 1 rings (SSSR count). The first-order valence-corrected chi connectivity index (χ1v) is 10.8. The zero-order valence-corrected chi connectivity index (χ0v) is 21.7. The Morgan fingerprint density at radius 3 is 1.36 bits per heavy atom. The fourth-order valence-corrected chi connectivity index (χ4v) is 2.94. The summed E-state index contributed by atoms with van der Waals surface area (Å²) >= 11 is 0. The average Bonchev–Trinajstić information content (AvgIpc) is 2.53. The van der Waals surface area contributed by atoms with Crippen molar-refractivity contribution in [3.05, 3.63) is 36.4 Å². The van der Waals surface area contributed by atoms with Crippen LogP contribution in [0.25, 0.3) is 12.2 Å². The molecule has 0 saturated carbocycles. The van der Waals surface area contributed by atoms with Crippen molar-refractivity contribution in [2.24, 2.45) is 0 Å². The second kappa shape index (κ2) is 14.2. The molecule has 0 aromatic heterocycles. The second-order valence-corrected chi connectivity index (χ2v) is 8.31. The van der Waals surface area contributed by atoms with E-state index in [1.807, 2.05) is 0 Å². The maximum absolute atomic E-state index is 10.6. The van der Waals surface area contributed by atoms with Gasteiger partial charge in [-0.15, -0.1) is 0 Å². The summed E-state index contributed by atoms with van der Waals surface area (Å²) in [6.07, 6.45) is 3.10. The van der Waals surface area contributed by atoms with E-state index in [1.54, 1.807) is 12.1 Å². The molecule has 0 amide bonds. The third kappa shape index (κ3) is 12.6. The standard InChI is InChI=1S/C16H22O8S2.2Na/c1-3-13-11-16(24-8-6-10-26(20,21)22)14(4-2)12-15(13)23-7-5-9-25(17,18)19;;/h3-4,11-12H,1-2,5-10H2,(H,17,18,19)(H,20,21,22);;/q;2*+1/p-2. The smallest absolute Gasteiger partial charge is 0.748 e. The fraction of sp³-hybridized carbons (Fsp3) is 0.375. The first-order valence-electron chi connectivity index (χ1n) is 7.61. The fourth-order valence-electron chi connectivity index (χ4n) is 2.00. The zero-order valence-electron chi connectivity index (χ0n) is 16.0. The first-order chi connectivity index (χ1) is 12.1. The molecule has 0 unspecified atom stereocenters. The summed E-state index contributed by atoms with van der Waals surface area (Å²) in [5.41, 5.74) is 1.12. The van der Waals surface area contributed by atoms with Crippen molar-refractivity contribution in [1.82, 2.24) is 0 Å². The average molecular weight is 450 g/mol. The van der Waals surface area contributed by atoms with Gasteiger partial charge in [-0.3, -0.25) is 0 Å². The van der Waals surface area contributed by atoms with Crippen LogP contribution in [0.3, 0.4) is 0 Å². The summed E-state index contributed by atoms with van der Waals surface area (Å²) in [4.78, 5) is 0. The number of hydrogen-bond donors (Lipinski definition) is 0. The quantitative estimate of drug-likeness (QED) is 0.177. The molecule has 0 aliphatic carbocycles. The molecule has 0 saturated heterocycles. The molecule has 0 fully saturated rings. The first kappa shape index (κ1) is 30.3. The van der Waals surface area contributed by atoms with Gasteiger partial charge in [0.05, 0.1) is 33.5 Å². The number of rotatable bonds is 12. The third-order valence-electron chi connectivity index (χ3n) is 3.17. The maximum Gasteiger partial charge on any atom is 1.00 e. The Labute approximate surface area is 210 Å². The molecule has 0 spiro atoms. The van der Waals surface area contributed by atoms with Gasteiger partial charge in [0.2, 0.25) is 0 Å². The Bertz CT molecular complexity index is 780. The van der Waals surface area contributed by atoms with Crippen LogP contribution in [0.2, 0.25) is 0 Å². The molecule has 146 valence electrons. The van der Waals surface area contributed by atoms with E-state index in [-0.39, 0.29) is 85.2 Å². The van der Waals surface area contributed by atoms with Crippen molar-refractivity contribution in [2.45, 2.75) is 12.8 Å². The minimum absolute atomic E-state index is 0. The molecule has 28 heavy (non-hydrogen) atoms. The zero-order chi connectivity index (χ0) is 19.8. The Hall–Kier alpha value is 0.120. The van der Waals surface area contributed by atoms with Gasteiger partial charge in [-0.05, 0) is 25.0 Å². The van der Waals surface area contributed by atoms with Gasteiger partial charge in [0.15, 0.2) is 0 Å². The molecule has 0 aliphatic heterocycles. The van der Waals surface area contributed by atoms with E-state index in [0.29, 0.717) is 22.6 Å². The van der Waals surface area contributed by atoms with Crippen LogP contribution < -0.4 is 68.6 Å². The Morgan fingerprint density at radius 2 is 1.11 bits per heavy atom. The topological polar surface area (TPSA) is 133 Å². The van der Waals surface area contributed by atoms with E-state index in [1.165, 1.54) is 12.2 Å². The normalized spacial score (nSPS) is 10.9. The van der Waals surface area contributed by atoms with Crippen LogP contribution in [0.1, 0.15) is 24.0 Å². The molecular formula is C16H20Na2O8S2. The van der Waals surface area contributed by atoms with Gasteiger partial charge in [-0.2, -0.15) is 0 Å². The van der Waals surface area contributed by atoms with Gasteiger partial charge in [0, 0.05) is 22.6 Å². The Morgan fingerprint density at radius 1 is 0.786 bits per heavy atom. The SMILES string of the molecule is C=Cc1cc(OCCCS(=O)(=O)[O-])c(C=C)cc1OCCCS(=O)(=O)[O-].[Na+].[Na+]. The molecular weight excluding hydrogens is 430 g/mol. The molecule has 0 bridgehead atoms. The van der Waals surface area contributed by atoms with Crippen LogP contribution in [0, 0.1) is 0 Å². The van der Waals surface area contributed by atoms with E-state index in [9.17, 15) is 25.9 Å². The number of ether oxygens (including phenoxy) is 2. The molecule has 12 heteroatoms. The van der Waals surface area contributed by atoms with Crippen molar-refractivity contribution < 1.29 is 94.5 Å². The van der Waals surface area contributed by atoms with E-state index in [2.05, 4.69) is 13.2 Å². The van der Waals surface area contributed by atoms with Crippen LogP contribution in [0.4, 0.5) is 0 Å². The van der Waals surface area contributed by atoms with Crippen LogP contribution in [-0.2, 0) is 20.2 Å². The summed E-state index contributed by atoms with van der Waals surface area (Å²) in [6.45, 7) is 7.37. The van der Waals surface area contributed by atoms with Gasteiger partial charge in [-0.1, -0.05) is 25.3 Å². The van der Waals surface area contributed by atoms with Crippen molar-refractivity contribution in [3.8, 4) is 11.5 Å². The molecule has 0 heterocycles. The summed E-state index contributed by atoms with van der Waals surface area (Å²) in [7, 11) is -8.58. The minimum Gasteiger partial charge on any atom is -0.748 e. The number of hydrogen-bond acceptors (Lipinski definition) is 8. The van der Waals surface area contributed by atoms with Gasteiger partial charge < -0.3 is 18.6 Å². The van der Waals surface area contributed by atoms with Crippen LogP contribution >= 0.6 is 0 Å². The van der Waals surface area contributed by atoms with Gasteiger partial charge in [0.1, 0.15) is 11.5 Å². The van der Waals surface area contributed by atoms with E-state index < -0.39 is 31.7 Å². The van der Waals surface area contributed by atoms with E-state index >= 15 is 0 Å². The largest absolute Gasteiger partial charge is 1.00 e. The van der Waals surface area contributed by atoms with Crippen molar-refractivity contribution in [2.75, 3.05) is 24.7 Å². The summed E-state index contributed by atoms with van der Waals surface area (Å²) < 4.78 is 74.5. The van der Waals surface area contributed by atoms with Crippen molar-refractivity contribution >= 4 is 32.4 Å². The molecule has 0 N–H and O–H groups in total. The molecule has 8 nitrogen and oxygen atoms in total. The molecule has 0 radical (unpaired) electrons. The van der Waals surface area contributed by atoms with Crippen LogP contribution in [0.5, 0.6) is 11.5 Å². The maximum atomic E-state index is 10.6. The third-order valence-corrected chi connectivity index (χ3v) is 4.75. The Balaban J connectivity index is 0. The van der Waals surface area contributed by atoms with E-state index in [4.69, 9.17) is 9.47 Å².